The van der Waals surface area contributed by atoms with Gasteiger partial charge in [0.2, 0.25) is 0 Å². The predicted octanol–water partition coefficient (Wildman–Crippen LogP) is 0.511. The SMILES string of the molecule is CCOC(=O)C(/C=C/C(=O)OC)=C(/C)N. The highest BCUT2D eigenvalue weighted by atomic mass is 16.5. The number of allylic oxidation sites excluding steroid dienone is 1. The summed E-state index contributed by atoms with van der Waals surface area (Å²) < 4.78 is 9.13. The van der Waals surface area contributed by atoms with Crippen molar-refractivity contribution in [3.05, 3.63) is 23.4 Å². The average Bonchev–Trinajstić information content (AvgIpc) is 2.17. The van der Waals surface area contributed by atoms with E-state index in [0.717, 1.165) is 6.08 Å². The molecule has 0 aromatic carbocycles. The minimum Gasteiger partial charge on any atom is -0.466 e. The molecule has 0 fully saturated rings. The second-order valence-electron chi connectivity index (χ2n) is 2.67. The Kier molecular flexibility index (Phi) is 5.85. The molecule has 0 atom stereocenters. The van der Waals surface area contributed by atoms with Crippen LogP contribution in [0.3, 0.4) is 0 Å². The number of carbonyl (C=O) groups excluding carboxylic acids is 2. The van der Waals surface area contributed by atoms with Gasteiger partial charge in [-0.3, -0.25) is 0 Å². The van der Waals surface area contributed by atoms with E-state index in [1.807, 2.05) is 0 Å². The molecular formula is C10H15NO4. The Morgan fingerprint density at radius 3 is 2.33 bits per heavy atom. The van der Waals surface area contributed by atoms with E-state index in [4.69, 9.17) is 10.5 Å². The first-order valence-corrected chi connectivity index (χ1v) is 4.42. The van der Waals surface area contributed by atoms with E-state index in [2.05, 4.69) is 4.74 Å². The third kappa shape index (κ3) is 4.85. The largest absolute Gasteiger partial charge is 0.466 e. The molecule has 0 radical (unpaired) electrons. The van der Waals surface area contributed by atoms with Crippen molar-refractivity contribution in [1.82, 2.24) is 0 Å². The van der Waals surface area contributed by atoms with Gasteiger partial charge in [-0.25, -0.2) is 9.59 Å². The molecule has 0 saturated heterocycles. The van der Waals surface area contributed by atoms with Gasteiger partial charge in [-0.15, -0.1) is 0 Å². The first-order valence-electron chi connectivity index (χ1n) is 4.42. The lowest BCUT2D eigenvalue weighted by Crippen LogP contribution is -2.11. The van der Waals surface area contributed by atoms with Crippen LogP contribution in [-0.2, 0) is 19.1 Å². The van der Waals surface area contributed by atoms with E-state index in [9.17, 15) is 9.59 Å². The summed E-state index contributed by atoms with van der Waals surface area (Å²) in [5.74, 6) is -1.12. The molecule has 0 rings (SSSR count). The molecule has 0 amide bonds. The second kappa shape index (κ2) is 6.64. The van der Waals surface area contributed by atoms with Gasteiger partial charge >= 0.3 is 11.9 Å². The minimum atomic E-state index is -0.558. The Labute approximate surface area is 88.5 Å². The molecule has 5 nitrogen and oxygen atoms in total. The molecule has 5 heteroatoms. The van der Waals surface area contributed by atoms with Gasteiger partial charge in [-0.2, -0.15) is 0 Å². The third-order valence-corrected chi connectivity index (χ3v) is 1.51. The maximum absolute atomic E-state index is 11.3. The molecule has 84 valence electrons. The fourth-order valence-corrected chi connectivity index (χ4v) is 0.789. The van der Waals surface area contributed by atoms with Crippen molar-refractivity contribution < 1.29 is 19.1 Å². The molecule has 0 aliphatic rings. The van der Waals surface area contributed by atoms with E-state index in [1.54, 1.807) is 13.8 Å². The van der Waals surface area contributed by atoms with Crippen LogP contribution in [0.4, 0.5) is 0 Å². The van der Waals surface area contributed by atoms with Crippen LogP contribution in [0.2, 0.25) is 0 Å². The Balaban J connectivity index is 4.72. The Morgan fingerprint density at radius 2 is 1.93 bits per heavy atom. The molecule has 0 aliphatic heterocycles. The van der Waals surface area contributed by atoms with Gasteiger partial charge in [-0.05, 0) is 19.9 Å². The summed E-state index contributed by atoms with van der Waals surface area (Å²) in [6, 6.07) is 0. The fraction of sp³-hybridized carbons (Fsp3) is 0.400. The Bertz CT molecular complexity index is 301. The van der Waals surface area contributed by atoms with Crippen LogP contribution < -0.4 is 5.73 Å². The summed E-state index contributed by atoms with van der Waals surface area (Å²) in [6.07, 6.45) is 2.39. The van der Waals surface area contributed by atoms with Crippen LogP contribution in [-0.4, -0.2) is 25.7 Å². The summed E-state index contributed by atoms with van der Waals surface area (Å²) in [6.45, 7) is 3.49. The highest BCUT2D eigenvalue weighted by Gasteiger charge is 2.09. The fourth-order valence-electron chi connectivity index (χ4n) is 0.789. The zero-order valence-electron chi connectivity index (χ0n) is 9.07. The van der Waals surface area contributed by atoms with Gasteiger partial charge in [-0.1, -0.05) is 0 Å². The Hall–Kier alpha value is -1.78. The molecule has 0 aromatic heterocycles. The number of ether oxygens (including phenoxy) is 2. The monoisotopic (exact) mass is 213 g/mol. The lowest BCUT2D eigenvalue weighted by Gasteiger charge is -2.03. The van der Waals surface area contributed by atoms with E-state index in [-0.39, 0.29) is 17.9 Å². The number of carbonyl (C=O) groups is 2. The third-order valence-electron chi connectivity index (χ3n) is 1.51. The number of hydrogen-bond acceptors (Lipinski definition) is 5. The zero-order chi connectivity index (χ0) is 11.8. The maximum atomic E-state index is 11.3. The summed E-state index contributed by atoms with van der Waals surface area (Å²) >= 11 is 0. The van der Waals surface area contributed by atoms with Crippen LogP contribution in [0.5, 0.6) is 0 Å². The molecule has 0 saturated carbocycles. The first kappa shape index (κ1) is 13.2. The van der Waals surface area contributed by atoms with Crippen LogP contribution in [0.1, 0.15) is 13.8 Å². The van der Waals surface area contributed by atoms with Crippen LogP contribution in [0.25, 0.3) is 0 Å². The number of hydrogen-bond donors (Lipinski definition) is 1. The predicted molar refractivity (Wildman–Crippen MR) is 54.7 cm³/mol. The van der Waals surface area contributed by atoms with Gasteiger partial charge in [0.1, 0.15) is 0 Å². The standard InChI is InChI=1S/C10H15NO4/c1-4-15-10(13)8(7(2)11)5-6-9(12)14-3/h5-6H,4,11H2,1-3H3/b6-5+,8-7-. The number of esters is 2. The number of methoxy groups -OCH3 is 1. The van der Waals surface area contributed by atoms with Crippen molar-refractivity contribution in [1.29, 1.82) is 0 Å². The van der Waals surface area contributed by atoms with Crippen LogP contribution in [0.15, 0.2) is 23.4 Å². The smallest absolute Gasteiger partial charge is 0.339 e. The molecule has 0 bridgehead atoms. The molecule has 15 heavy (non-hydrogen) atoms. The van der Waals surface area contributed by atoms with E-state index in [0.29, 0.717) is 0 Å². The van der Waals surface area contributed by atoms with Crippen molar-refractivity contribution in [2.45, 2.75) is 13.8 Å². The molecule has 0 heterocycles. The van der Waals surface area contributed by atoms with E-state index in [1.165, 1.54) is 13.2 Å². The van der Waals surface area contributed by atoms with Crippen molar-refractivity contribution in [3.8, 4) is 0 Å². The summed E-state index contributed by atoms with van der Waals surface area (Å²) in [5.41, 5.74) is 5.91. The van der Waals surface area contributed by atoms with Crippen LogP contribution >= 0.6 is 0 Å². The van der Waals surface area contributed by atoms with Gasteiger partial charge in [0.15, 0.2) is 0 Å². The lowest BCUT2D eigenvalue weighted by atomic mass is 10.2. The molecule has 0 aromatic rings. The van der Waals surface area contributed by atoms with E-state index < -0.39 is 11.9 Å². The Morgan fingerprint density at radius 1 is 1.33 bits per heavy atom. The maximum Gasteiger partial charge on any atom is 0.339 e. The zero-order valence-corrected chi connectivity index (χ0v) is 9.07. The normalized spacial score (nSPS) is 12.2. The van der Waals surface area contributed by atoms with Gasteiger partial charge in [0.05, 0.1) is 19.3 Å². The molecular weight excluding hydrogens is 198 g/mol. The quantitative estimate of drug-likeness (QED) is 0.418. The molecule has 0 spiro atoms. The van der Waals surface area contributed by atoms with E-state index >= 15 is 0 Å². The molecule has 0 unspecified atom stereocenters. The van der Waals surface area contributed by atoms with Crippen LogP contribution in [0, 0.1) is 0 Å². The number of rotatable bonds is 4. The second-order valence-corrected chi connectivity index (χ2v) is 2.67. The van der Waals surface area contributed by atoms with Crippen molar-refractivity contribution >= 4 is 11.9 Å². The van der Waals surface area contributed by atoms with Crippen molar-refractivity contribution in [3.63, 3.8) is 0 Å². The minimum absolute atomic E-state index is 0.155. The van der Waals surface area contributed by atoms with Gasteiger partial charge in [0, 0.05) is 11.8 Å². The lowest BCUT2D eigenvalue weighted by molar-refractivity contribution is -0.138. The average molecular weight is 213 g/mol. The van der Waals surface area contributed by atoms with Crippen molar-refractivity contribution in [2.24, 2.45) is 5.73 Å². The highest BCUT2D eigenvalue weighted by molar-refractivity contribution is 5.94. The van der Waals surface area contributed by atoms with Gasteiger partial charge < -0.3 is 15.2 Å². The topological polar surface area (TPSA) is 78.6 Å². The highest BCUT2D eigenvalue weighted by Crippen LogP contribution is 2.04. The number of nitrogens with two attached hydrogens (primary N) is 1. The summed E-state index contributed by atoms with van der Waals surface area (Å²) in [5, 5.41) is 0. The van der Waals surface area contributed by atoms with Gasteiger partial charge in [0.25, 0.3) is 0 Å². The molecule has 2 N–H and O–H groups in total. The summed E-state index contributed by atoms with van der Waals surface area (Å²) in [7, 11) is 1.25. The summed E-state index contributed by atoms with van der Waals surface area (Å²) in [4.78, 5) is 22.1. The molecule has 0 aliphatic carbocycles. The first-order chi connectivity index (χ1) is 7.02. The van der Waals surface area contributed by atoms with Crippen molar-refractivity contribution in [2.75, 3.05) is 13.7 Å².